The van der Waals surface area contributed by atoms with Crippen LogP contribution >= 0.6 is 0 Å². The van der Waals surface area contributed by atoms with Gasteiger partial charge in [0.25, 0.3) is 0 Å². The molecule has 0 atom stereocenters. The molecule has 3 aromatic carbocycles. The summed E-state index contributed by atoms with van der Waals surface area (Å²) in [6.45, 7) is 0. The number of halogens is 1. The van der Waals surface area contributed by atoms with E-state index in [1.54, 1.807) is 0 Å². The van der Waals surface area contributed by atoms with Gasteiger partial charge >= 0.3 is 150 Å². The summed E-state index contributed by atoms with van der Waals surface area (Å²) in [5, 5.41) is 0.624. The van der Waals surface area contributed by atoms with Gasteiger partial charge in [0, 0.05) is 0 Å². The van der Waals surface area contributed by atoms with Crippen LogP contribution in [0, 0.1) is 5.82 Å². The molecule has 0 spiro atoms. The second-order valence-electron chi connectivity index (χ2n) is 5.52. The van der Waals surface area contributed by atoms with Crippen molar-refractivity contribution in [2.75, 3.05) is 0 Å². The molecular weight excluding hydrogens is 382 g/mol. The van der Waals surface area contributed by atoms with E-state index in [1.807, 2.05) is 60.7 Å². The predicted molar refractivity (Wildman–Crippen MR) is 99.3 cm³/mol. The number of hydrogen-bond donors (Lipinski definition) is 0. The molecule has 0 saturated heterocycles. The first-order chi connectivity index (χ1) is 12.2. The van der Waals surface area contributed by atoms with Crippen molar-refractivity contribution in [3.8, 4) is 11.1 Å². The van der Waals surface area contributed by atoms with E-state index in [4.69, 9.17) is 4.42 Å². The van der Waals surface area contributed by atoms with E-state index in [1.165, 1.54) is 18.2 Å². The molecule has 1 heterocycles. The zero-order valence-corrected chi connectivity index (χ0v) is 14.8. The SMILES string of the molecule is O=c1oc2ccc(F)cc2c(-c2ccccc2)c1[Se]c1ccccc1. The van der Waals surface area contributed by atoms with Gasteiger partial charge in [0.2, 0.25) is 0 Å². The van der Waals surface area contributed by atoms with Gasteiger partial charge in [-0.3, -0.25) is 0 Å². The van der Waals surface area contributed by atoms with Crippen molar-refractivity contribution < 1.29 is 8.81 Å². The molecule has 0 aliphatic carbocycles. The topological polar surface area (TPSA) is 30.2 Å². The van der Waals surface area contributed by atoms with Crippen LogP contribution in [0.1, 0.15) is 0 Å². The molecule has 122 valence electrons. The third-order valence-electron chi connectivity index (χ3n) is 3.85. The third-order valence-corrected chi connectivity index (χ3v) is 6.12. The molecule has 4 heteroatoms. The molecule has 0 amide bonds. The van der Waals surface area contributed by atoms with Gasteiger partial charge in [0.15, 0.2) is 0 Å². The molecule has 4 rings (SSSR count). The number of fused-ring (bicyclic) bond motifs is 1. The van der Waals surface area contributed by atoms with Crippen LogP contribution in [0.5, 0.6) is 0 Å². The van der Waals surface area contributed by atoms with Gasteiger partial charge in [-0.05, 0) is 0 Å². The van der Waals surface area contributed by atoms with Gasteiger partial charge in [-0.2, -0.15) is 0 Å². The molecule has 0 fully saturated rings. The molecule has 0 N–H and O–H groups in total. The quantitative estimate of drug-likeness (QED) is 0.394. The fraction of sp³-hybridized carbons (Fsp3) is 0. The molecule has 0 aliphatic rings. The monoisotopic (exact) mass is 396 g/mol. The normalized spacial score (nSPS) is 10.9. The number of hydrogen-bond acceptors (Lipinski definition) is 2. The van der Waals surface area contributed by atoms with Crippen molar-refractivity contribution in [1.82, 2.24) is 0 Å². The maximum atomic E-state index is 13.9. The van der Waals surface area contributed by atoms with Gasteiger partial charge in [-0.15, -0.1) is 0 Å². The molecule has 0 radical (unpaired) electrons. The summed E-state index contributed by atoms with van der Waals surface area (Å²) in [7, 11) is 0. The summed E-state index contributed by atoms with van der Waals surface area (Å²) in [5.74, 6) is -0.350. The van der Waals surface area contributed by atoms with E-state index >= 15 is 0 Å². The minimum atomic E-state index is -0.359. The van der Waals surface area contributed by atoms with Gasteiger partial charge < -0.3 is 0 Å². The van der Waals surface area contributed by atoms with Crippen LogP contribution in [0.15, 0.2) is 88.1 Å². The van der Waals surface area contributed by atoms with E-state index in [0.717, 1.165) is 15.6 Å². The van der Waals surface area contributed by atoms with Crippen molar-refractivity contribution in [3.05, 3.63) is 95.1 Å². The molecule has 0 bridgehead atoms. The molecular formula is C21H13FO2Se. The fourth-order valence-electron chi connectivity index (χ4n) is 2.75. The molecule has 2 nitrogen and oxygen atoms in total. The van der Waals surface area contributed by atoms with E-state index < -0.39 is 0 Å². The first-order valence-electron chi connectivity index (χ1n) is 7.77. The first-order valence-corrected chi connectivity index (χ1v) is 9.48. The molecule has 4 aromatic rings. The Balaban J connectivity index is 2.04. The Morgan fingerprint density at radius 3 is 2.24 bits per heavy atom. The predicted octanol–water partition coefficient (Wildman–Crippen LogP) is 3.25. The van der Waals surface area contributed by atoms with Crippen LogP contribution in [-0.2, 0) is 0 Å². The van der Waals surface area contributed by atoms with Gasteiger partial charge in [-0.1, -0.05) is 0 Å². The van der Waals surface area contributed by atoms with Crippen molar-refractivity contribution in [3.63, 3.8) is 0 Å². The summed E-state index contributed by atoms with van der Waals surface area (Å²) < 4.78 is 21.0. The van der Waals surface area contributed by atoms with E-state index in [0.29, 0.717) is 15.4 Å². The second kappa shape index (κ2) is 6.67. The van der Waals surface area contributed by atoms with Gasteiger partial charge in [0.05, 0.1) is 0 Å². The van der Waals surface area contributed by atoms with Crippen LogP contribution in [0.3, 0.4) is 0 Å². The second-order valence-corrected chi connectivity index (χ2v) is 7.79. The molecule has 0 unspecified atom stereocenters. The minimum absolute atomic E-state index is 0.243. The maximum absolute atomic E-state index is 13.9. The Morgan fingerprint density at radius 1 is 0.840 bits per heavy atom. The molecule has 0 aliphatic heterocycles. The van der Waals surface area contributed by atoms with Crippen LogP contribution < -0.4 is 14.5 Å². The van der Waals surface area contributed by atoms with Crippen LogP contribution in [0.4, 0.5) is 4.39 Å². The molecule has 0 saturated carbocycles. The zero-order valence-electron chi connectivity index (χ0n) is 13.1. The van der Waals surface area contributed by atoms with Crippen LogP contribution in [0.25, 0.3) is 22.1 Å². The van der Waals surface area contributed by atoms with Crippen LogP contribution in [0.2, 0.25) is 0 Å². The standard InChI is InChI=1S/C21H13FO2Se/c22-15-11-12-18-17(13-15)19(14-7-3-1-4-8-14)20(21(23)24-18)25-16-9-5-2-6-10-16/h1-13H. The Bertz CT molecular complexity index is 1090. The van der Waals surface area contributed by atoms with Crippen molar-refractivity contribution in [2.24, 2.45) is 0 Å². The zero-order chi connectivity index (χ0) is 17.2. The Kier molecular flexibility index (Phi) is 4.22. The number of benzene rings is 3. The van der Waals surface area contributed by atoms with E-state index in [2.05, 4.69) is 0 Å². The Morgan fingerprint density at radius 2 is 1.52 bits per heavy atom. The van der Waals surface area contributed by atoms with Gasteiger partial charge in [0.1, 0.15) is 0 Å². The van der Waals surface area contributed by atoms with Crippen LogP contribution in [-0.4, -0.2) is 15.0 Å². The summed E-state index contributed by atoms with van der Waals surface area (Å²) in [6, 6.07) is 23.7. The average Bonchev–Trinajstić information content (AvgIpc) is 2.64. The Labute approximate surface area is 150 Å². The van der Waals surface area contributed by atoms with Crippen molar-refractivity contribution in [2.45, 2.75) is 0 Å². The summed E-state index contributed by atoms with van der Waals surface area (Å²) in [6.07, 6.45) is 0. The van der Waals surface area contributed by atoms with Crippen molar-refractivity contribution >= 4 is 34.8 Å². The van der Waals surface area contributed by atoms with Crippen molar-refractivity contribution in [1.29, 1.82) is 0 Å². The average molecular weight is 395 g/mol. The van der Waals surface area contributed by atoms with E-state index in [9.17, 15) is 9.18 Å². The third kappa shape index (κ3) is 3.14. The summed E-state index contributed by atoms with van der Waals surface area (Å²) >= 11 is -0.243. The first kappa shape index (κ1) is 15.8. The molecule has 1 aromatic heterocycles. The Hall–Kier alpha value is -2.68. The fourth-order valence-corrected chi connectivity index (χ4v) is 4.81. The summed E-state index contributed by atoms with van der Waals surface area (Å²) in [4.78, 5) is 12.7. The summed E-state index contributed by atoms with van der Waals surface area (Å²) in [5.41, 5.74) is 1.69. The van der Waals surface area contributed by atoms with E-state index in [-0.39, 0.29) is 26.4 Å². The van der Waals surface area contributed by atoms with Gasteiger partial charge in [-0.25, -0.2) is 0 Å². The number of rotatable bonds is 3. The molecule has 25 heavy (non-hydrogen) atoms.